The quantitative estimate of drug-likeness (QED) is 0.927. The van der Waals surface area contributed by atoms with Gasteiger partial charge < -0.3 is 9.64 Å². The molecule has 110 valence electrons. The number of fused-ring (bicyclic) bond motifs is 1. The minimum atomic E-state index is 0.0825. The lowest BCUT2D eigenvalue weighted by molar-refractivity contribution is 0.0727. The molecule has 21 heavy (non-hydrogen) atoms. The van der Waals surface area contributed by atoms with Gasteiger partial charge in [-0.25, -0.2) is 0 Å². The van der Waals surface area contributed by atoms with E-state index in [1.807, 2.05) is 21.7 Å². The van der Waals surface area contributed by atoms with Crippen LogP contribution < -0.4 is 0 Å². The number of ether oxygens (including phenoxy) is 1. The van der Waals surface area contributed by atoms with Crippen molar-refractivity contribution in [1.82, 2.24) is 15.1 Å². The molecule has 2 aromatic rings. The minimum Gasteiger partial charge on any atom is -0.376 e. The summed E-state index contributed by atoms with van der Waals surface area (Å²) in [5, 5.41) is 11.5. The molecule has 0 aliphatic carbocycles. The van der Waals surface area contributed by atoms with Crippen molar-refractivity contribution in [3.8, 4) is 0 Å². The van der Waals surface area contributed by atoms with Gasteiger partial charge in [-0.2, -0.15) is 16.4 Å². The summed E-state index contributed by atoms with van der Waals surface area (Å²) in [4.78, 5) is 14.6. The van der Waals surface area contributed by atoms with Gasteiger partial charge in [0.1, 0.15) is 0 Å². The molecule has 1 unspecified atom stereocenters. The predicted molar refractivity (Wildman–Crippen MR) is 79.3 cm³/mol. The highest BCUT2D eigenvalue weighted by molar-refractivity contribution is 7.08. The Morgan fingerprint density at radius 1 is 1.52 bits per heavy atom. The van der Waals surface area contributed by atoms with E-state index in [1.54, 1.807) is 11.3 Å². The zero-order valence-electron chi connectivity index (χ0n) is 11.7. The molecule has 4 rings (SSSR count). The molecule has 0 saturated carbocycles. The van der Waals surface area contributed by atoms with Gasteiger partial charge in [-0.15, -0.1) is 0 Å². The van der Waals surface area contributed by atoms with Crippen molar-refractivity contribution < 1.29 is 9.53 Å². The summed E-state index contributed by atoms with van der Waals surface area (Å²) in [6.45, 7) is 2.16. The smallest absolute Gasteiger partial charge is 0.255 e. The molecule has 0 bridgehead atoms. The van der Waals surface area contributed by atoms with E-state index in [0.717, 1.165) is 49.2 Å². The highest BCUT2D eigenvalue weighted by atomic mass is 32.1. The topological polar surface area (TPSA) is 58.2 Å². The summed E-state index contributed by atoms with van der Waals surface area (Å²) >= 11 is 1.56. The third-order valence-corrected chi connectivity index (χ3v) is 5.01. The standard InChI is InChI=1S/C15H17N3O2S/c19-15(10-4-7-21-9-10)18-5-1-2-13(18)14-11-8-20-6-3-12(11)16-17-14/h4,7,9,13H,1-3,5-6,8H2,(H,16,17). The van der Waals surface area contributed by atoms with Gasteiger partial charge in [-0.05, 0) is 24.3 Å². The zero-order valence-corrected chi connectivity index (χ0v) is 12.5. The van der Waals surface area contributed by atoms with Crippen molar-refractivity contribution in [2.75, 3.05) is 13.2 Å². The first kappa shape index (κ1) is 13.0. The van der Waals surface area contributed by atoms with Gasteiger partial charge in [-0.3, -0.25) is 9.89 Å². The molecular formula is C15H17N3O2S. The van der Waals surface area contributed by atoms with Crippen molar-refractivity contribution in [3.63, 3.8) is 0 Å². The van der Waals surface area contributed by atoms with Crippen LogP contribution in [-0.2, 0) is 17.8 Å². The first-order valence-corrected chi connectivity index (χ1v) is 8.26. The minimum absolute atomic E-state index is 0.0825. The number of aromatic amines is 1. The molecule has 2 aliphatic rings. The van der Waals surface area contributed by atoms with Gasteiger partial charge in [0.2, 0.25) is 0 Å². The molecule has 1 saturated heterocycles. The second kappa shape index (κ2) is 5.27. The molecular weight excluding hydrogens is 286 g/mol. The van der Waals surface area contributed by atoms with Gasteiger partial charge >= 0.3 is 0 Å². The highest BCUT2D eigenvalue weighted by Gasteiger charge is 2.35. The van der Waals surface area contributed by atoms with Gasteiger partial charge in [-0.1, -0.05) is 0 Å². The number of nitrogens with zero attached hydrogens (tertiary/aromatic N) is 2. The van der Waals surface area contributed by atoms with Gasteiger partial charge in [0.05, 0.1) is 30.5 Å². The Kier molecular flexibility index (Phi) is 3.27. The average Bonchev–Trinajstić information content (AvgIpc) is 3.25. The maximum Gasteiger partial charge on any atom is 0.255 e. The Bertz CT molecular complexity index is 650. The lowest BCUT2D eigenvalue weighted by Gasteiger charge is -2.24. The van der Waals surface area contributed by atoms with E-state index in [0.29, 0.717) is 6.61 Å². The fourth-order valence-corrected chi connectivity index (χ4v) is 3.88. The normalized spacial score (nSPS) is 21.5. The third kappa shape index (κ3) is 2.18. The number of carbonyl (C=O) groups excluding carboxylic acids is 1. The maximum atomic E-state index is 12.6. The summed E-state index contributed by atoms with van der Waals surface area (Å²) in [6.07, 6.45) is 2.89. The molecule has 1 amide bonds. The summed E-state index contributed by atoms with van der Waals surface area (Å²) in [5.41, 5.74) is 4.13. The summed E-state index contributed by atoms with van der Waals surface area (Å²) in [5.74, 6) is 0.118. The average molecular weight is 303 g/mol. The van der Waals surface area contributed by atoms with E-state index in [4.69, 9.17) is 4.74 Å². The van der Waals surface area contributed by atoms with Gasteiger partial charge in [0.15, 0.2) is 0 Å². The largest absolute Gasteiger partial charge is 0.376 e. The van der Waals surface area contributed by atoms with Crippen LogP contribution in [0.5, 0.6) is 0 Å². The number of likely N-dealkylation sites (tertiary alicyclic amines) is 1. The number of aromatic nitrogens is 2. The lowest BCUT2D eigenvalue weighted by Crippen LogP contribution is -2.31. The second-order valence-electron chi connectivity index (χ2n) is 5.54. The van der Waals surface area contributed by atoms with Crippen LogP contribution in [0.4, 0.5) is 0 Å². The predicted octanol–water partition coefficient (Wildman–Crippen LogP) is 2.52. The Morgan fingerprint density at radius 3 is 3.33 bits per heavy atom. The number of nitrogens with one attached hydrogen (secondary N) is 1. The molecule has 1 fully saturated rings. The zero-order chi connectivity index (χ0) is 14.2. The van der Waals surface area contributed by atoms with Gasteiger partial charge in [0, 0.05) is 29.6 Å². The molecule has 2 aromatic heterocycles. The molecule has 1 atom stereocenters. The molecule has 0 aromatic carbocycles. The fraction of sp³-hybridized carbons (Fsp3) is 0.467. The van der Waals surface area contributed by atoms with Crippen LogP contribution in [0.1, 0.15) is 46.2 Å². The molecule has 0 spiro atoms. The highest BCUT2D eigenvalue weighted by Crippen LogP contribution is 2.36. The Hall–Kier alpha value is -1.66. The van der Waals surface area contributed by atoms with Crippen LogP contribution in [0, 0.1) is 0 Å². The second-order valence-corrected chi connectivity index (χ2v) is 6.32. The number of hydrogen-bond donors (Lipinski definition) is 1. The lowest BCUT2D eigenvalue weighted by atomic mass is 10.0. The summed E-state index contributed by atoms with van der Waals surface area (Å²) in [6, 6.07) is 1.98. The molecule has 4 heterocycles. The van der Waals surface area contributed by atoms with Crippen molar-refractivity contribution in [1.29, 1.82) is 0 Å². The maximum absolute atomic E-state index is 12.6. The van der Waals surface area contributed by atoms with Crippen molar-refractivity contribution in [2.24, 2.45) is 0 Å². The molecule has 5 nitrogen and oxygen atoms in total. The van der Waals surface area contributed by atoms with E-state index in [9.17, 15) is 4.79 Å². The van der Waals surface area contributed by atoms with E-state index < -0.39 is 0 Å². The molecule has 0 radical (unpaired) electrons. The van der Waals surface area contributed by atoms with Crippen LogP contribution in [0.15, 0.2) is 16.8 Å². The van der Waals surface area contributed by atoms with Crippen LogP contribution in [0.3, 0.4) is 0 Å². The van der Waals surface area contributed by atoms with Crippen LogP contribution in [0.2, 0.25) is 0 Å². The Morgan fingerprint density at radius 2 is 2.48 bits per heavy atom. The number of H-pyrrole nitrogens is 1. The van der Waals surface area contributed by atoms with Crippen molar-refractivity contribution >= 4 is 17.2 Å². The Balaban J connectivity index is 1.65. The van der Waals surface area contributed by atoms with Crippen molar-refractivity contribution in [3.05, 3.63) is 39.3 Å². The number of rotatable bonds is 2. The van der Waals surface area contributed by atoms with Crippen LogP contribution in [-0.4, -0.2) is 34.2 Å². The first-order valence-electron chi connectivity index (χ1n) is 7.31. The fourth-order valence-electron chi connectivity index (χ4n) is 3.26. The molecule has 6 heteroatoms. The first-order chi connectivity index (χ1) is 10.3. The molecule has 2 aliphatic heterocycles. The van der Waals surface area contributed by atoms with E-state index in [1.165, 1.54) is 5.69 Å². The van der Waals surface area contributed by atoms with Gasteiger partial charge in [0.25, 0.3) is 5.91 Å². The number of amides is 1. The summed E-state index contributed by atoms with van der Waals surface area (Å²) < 4.78 is 5.56. The monoisotopic (exact) mass is 303 g/mol. The van der Waals surface area contributed by atoms with E-state index >= 15 is 0 Å². The van der Waals surface area contributed by atoms with E-state index in [2.05, 4.69) is 10.2 Å². The summed E-state index contributed by atoms with van der Waals surface area (Å²) in [7, 11) is 0. The molecule has 1 N–H and O–H groups in total. The SMILES string of the molecule is O=C(c1ccsc1)N1CCCC1c1n[nH]c2c1COCC2. The van der Waals surface area contributed by atoms with Crippen LogP contribution in [0.25, 0.3) is 0 Å². The van der Waals surface area contributed by atoms with Crippen molar-refractivity contribution in [2.45, 2.75) is 31.9 Å². The van der Waals surface area contributed by atoms with E-state index in [-0.39, 0.29) is 11.9 Å². The number of thiophene rings is 1. The third-order valence-electron chi connectivity index (χ3n) is 4.32. The Labute approximate surface area is 126 Å². The number of hydrogen-bond acceptors (Lipinski definition) is 4. The van der Waals surface area contributed by atoms with Crippen LogP contribution >= 0.6 is 11.3 Å². The number of carbonyl (C=O) groups is 1.